The molecule has 0 aromatic heterocycles. The Morgan fingerprint density at radius 2 is 2.05 bits per heavy atom. The van der Waals surface area contributed by atoms with Crippen molar-refractivity contribution in [3.05, 3.63) is 23.8 Å². The van der Waals surface area contributed by atoms with E-state index in [4.69, 9.17) is 4.65 Å². The molecule has 8 nitrogen and oxygen atoms in total. The van der Waals surface area contributed by atoms with Crippen LogP contribution in [0.1, 0.15) is 18.4 Å². The number of hydrogen-bond donors (Lipinski definition) is 2. The van der Waals surface area contributed by atoms with E-state index in [9.17, 15) is 19.4 Å². The molecule has 1 aromatic carbocycles. The minimum absolute atomic E-state index is 0.0362. The Morgan fingerprint density at radius 1 is 1.33 bits per heavy atom. The van der Waals surface area contributed by atoms with E-state index in [0.29, 0.717) is 22.8 Å². The molecule has 21 heavy (non-hydrogen) atoms. The van der Waals surface area contributed by atoms with E-state index in [-0.39, 0.29) is 12.8 Å². The summed E-state index contributed by atoms with van der Waals surface area (Å²) in [5.41, 5.74) is 1.75. The van der Waals surface area contributed by atoms with Crippen molar-refractivity contribution >= 4 is 36.2 Å². The Kier molecular flexibility index (Phi) is 3.36. The highest BCUT2D eigenvalue weighted by atomic mass is 16.7. The summed E-state index contributed by atoms with van der Waals surface area (Å²) in [7, 11) is -1.03. The van der Waals surface area contributed by atoms with Gasteiger partial charge in [-0.25, -0.2) is 4.79 Å². The number of amides is 3. The highest BCUT2D eigenvalue weighted by molar-refractivity contribution is 6.61. The van der Waals surface area contributed by atoms with Crippen molar-refractivity contribution in [2.45, 2.75) is 19.4 Å². The first-order valence-corrected chi connectivity index (χ1v) is 6.32. The Balaban J connectivity index is 1.67. The normalized spacial score (nSPS) is 17.2. The van der Waals surface area contributed by atoms with Gasteiger partial charge >= 0.3 is 13.2 Å². The fraction of sp³-hybridized carbons (Fsp3) is 0.250. The predicted molar refractivity (Wildman–Crippen MR) is 70.0 cm³/mol. The number of carbonyl (C=O) groups excluding carboxylic acids is 3. The van der Waals surface area contributed by atoms with Gasteiger partial charge in [0.1, 0.15) is 0 Å². The van der Waals surface area contributed by atoms with Crippen LogP contribution in [0.5, 0.6) is 0 Å². The van der Waals surface area contributed by atoms with Crippen molar-refractivity contribution in [1.29, 1.82) is 0 Å². The van der Waals surface area contributed by atoms with Crippen LogP contribution >= 0.6 is 0 Å². The Morgan fingerprint density at radius 3 is 2.76 bits per heavy atom. The Hall–Kier alpha value is -2.39. The molecule has 2 aliphatic heterocycles. The molecule has 1 fully saturated rings. The highest BCUT2D eigenvalue weighted by Crippen LogP contribution is 2.16. The zero-order chi connectivity index (χ0) is 15.0. The molecule has 0 spiro atoms. The molecule has 0 atom stereocenters. The second-order valence-electron chi connectivity index (χ2n) is 4.66. The van der Waals surface area contributed by atoms with Gasteiger partial charge < -0.3 is 14.5 Å². The minimum atomic E-state index is -1.03. The van der Waals surface area contributed by atoms with E-state index in [1.54, 1.807) is 18.2 Å². The summed E-state index contributed by atoms with van der Waals surface area (Å²) in [6.07, 6.45) is -0.879. The first-order valence-electron chi connectivity index (χ1n) is 6.32. The lowest BCUT2D eigenvalue weighted by Crippen LogP contribution is -2.34. The third kappa shape index (κ3) is 2.60. The minimum Gasteiger partial charge on any atom is -0.423 e. The van der Waals surface area contributed by atoms with E-state index >= 15 is 0 Å². The summed E-state index contributed by atoms with van der Waals surface area (Å²) in [4.78, 5) is 39.0. The maximum atomic E-state index is 11.7. The van der Waals surface area contributed by atoms with Gasteiger partial charge in [0.25, 0.3) is 11.8 Å². The van der Waals surface area contributed by atoms with Gasteiger partial charge in [-0.3, -0.25) is 14.9 Å². The molecule has 9 heteroatoms. The number of benzene rings is 1. The maximum absolute atomic E-state index is 11.7. The number of hydrogen-bond acceptors (Lipinski definition) is 6. The summed E-state index contributed by atoms with van der Waals surface area (Å²) in [6, 6.07) is 4.85. The van der Waals surface area contributed by atoms with E-state index < -0.39 is 25.0 Å². The van der Waals surface area contributed by atoms with Crippen molar-refractivity contribution in [2.24, 2.45) is 0 Å². The van der Waals surface area contributed by atoms with Gasteiger partial charge in [0.05, 0.1) is 6.61 Å². The Labute approximate surface area is 119 Å². The van der Waals surface area contributed by atoms with Crippen LogP contribution < -0.4 is 10.8 Å². The lowest BCUT2D eigenvalue weighted by molar-refractivity contribution is -0.170. The van der Waals surface area contributed by atoms with E-state index in [2.05, 4.69) is 10.2 Å². The first kappa shape index (κ1) is 13.6. The molecule has 0 radical (unpaired) electrons. The van der Waals surface area contributed by atoms with Gasteiger partial charge in [-0.2, -0.15) is 0 Å². The third-order valence-corrected chi connectivity index (χ3v) is 3.23. The number of imide groups is 1. The van der Waals surface area contributed by atoms with Crippen LogP contribution in [-0.4, -0.2) is 35.1 Å². The molecule has 108 valence electrons. The maximum Gasteiger partial charge on any atom is 0.491 e. The largest absolute Gasteiger partial charge is 0.491 e. The number of anilines is 1. The highest BCUT2D eigenvalue weighted by Gasteiger charge is 2.33. The van der Waals surface area contributed by atoms with Crippen LogP contribution in [0.15, 0.2) is 18.2 Å². The number of nitrogens with zero attached hydrogens (tertiary/aromatic N) is 1. The van der Waals surface area contributed by atoms with Gasteiger partial charge in [-0.05, 0) is 23.2 Å². The second-order valence-corrected chi connectivity index (χ2v) is 4.66. The molecule has 3 rings (SSSR count). The topological polar surface area (TPSA) is 105 Å². The summed E-state index contributed by atoms with van der Waals surface area (Å²) in [5.74, 6) is -1.10. The van der Waals surface area contributed by atoms with Crippen LogP contribution in [0.3, 0.4) is 0 Å². The molecule has 2 heterocycles. The molecule has 0 saturated carbocycles. The monoisotopic (exact) mass is 290 g/mol. The number of rotatable bonds is 2. The van der Waals surface area contributed by atoms with Crippen LogP contribution in [0.25, 0.3) is 0 Å². The summed E-state index contributed by atoms with van der Waals surface area (Å²) in [6.45, 7) is 0.304. The van der Waals surface area contributed by atoms with Crippen LogP contribution in [0.2, 0.25) is 0 Å². The number of carbonyl (C=O) groups is 3. The molecule has 2 aliphatic rings. The summed E-state index contributed by atoms with van der Waals surface area (Å²) >= 11 is 0. The SMILES string of the molecule is O=C(Nc1ccc2c(c1)B(O)OC2)ON1C(=O)CCC1=O. The van der Waals surface area contributed by atoms with Crippen molar-refractivity contribution < 1.29 is 28.9 Å². The average Bonchev–Trinajstić information content (AvgIpc) is 2.97. The molecular formula is C12H11BN2O6. The molecule has 0 bridgehead atoms. The molecule has 0 aliphatic carbocycles. The van der Waals surface area contributed by atoms with Crippen LogP contribution in [0.4, 0.5) is 10.5 Å². The number of nitrogens with one attached hydrogen (secondary N) is 1. The Bertz CT molecular complexity index is 618. The van der Waals surface area contributed by atoms with Crippen LogP contribution in [0, 0.1) is 0 Å². The molecular weight excluding hydrogens is 279 g/mol. The van der Waals surface area contributed by atoms with Gasteiger partial charge in [-0.1, -0.05) is 6.07 Å². The molecule has 3 amide bonds. The number of hydroxylamine groups is 2. The lowest BCUT2D eigenvalue weighted by Gasteiger charge is -2.13. The van der Waals surface area contributed by atoms with Crippen molar-refractivity contribution in [2.75, 3.05) is 5.32 Å². The molecule has 1 aromatic rings. The average molecular weight is 290 g/mol. The lowest BCUT2D eigenvalue weighted by atomic mass is 9.79. The van der Waals surface area contributed by atoms with Crippen molar-refractivity contribution in [3.8, 4) is 0 Å². The predicted octanol–water partition coefficient (Wildman–Crippen LogP) is -0.483. The fourth-order valence-electron chi connectivity index (χ4n) is 2.17. The smallest absolute Gasteiger partial charge is 0.423 e. The number of fused-ring (bicyclic) bond motifs is 1. The van der Waals surface area contributed by atoms with E-state index in [1.807, 2.05) is 0 Å². The quantitative estimate of drug-likeness (QED) is 0.563. The molecule has 0 unspecified atom stereocenters. The molecule has 2 N–H and O–H groups in total. The zero-order valence-electron chi connectivity index (χ0n) is 10.9. The molecule has 1 saturated heterocycles. The van der Waals surface area contributed by atoms with Crippen LogP contribution in [-0.2, 0) is 25.7 Å². The fourth-order valence-corrected chi connectivity index (χ4v) is 2.17. The summed E-state index contributed by atoms with van der Waals surface area (Å²) in [5, 5.41) is 12.4. The van der Waals surface area contributed by atoms with Gasteiger partial charge in [-0.15, -0.1) is 5.06 Å². The second kappa shape index (κ2) is 5.19. The summed E-state index contributed by atoms with van der Waals surface area (Å²) < 4.78 is 5.03. The van der Waals surface area contributed by atoms with Crippen molar-refractivity contribution in [1.82, 2.24) is 5.06 Å². The van der Waals surface area contributed by atoms with Crippen molar-refractivity contribution in [3.63, 3.8) is 0 Å². The first-order chi connectivity index (χ1) is 10.0. The van der Waals surface area contributed by atoms with E-state index in [0.717, 1.165) is 5.56 Å². The van der Waals surface area contributed by atoms with E-state index in [1.165, 1.54) is 0 Å². The third-order valence-electron chi connectivity index (χ3n) is 3.23. The van der Waals surface area contributed by atoms with Gasteiger partial charge in [0, 0.05) is 18.5 Å². The van der Waals surface area contributed by atoms with Gasteiger partial charge in [0.15, 0.2) is 0 Å². The standard InChI is InChI=1S/C12H11BN2O6/c16-10-3-4-11(17)15(10)21-12(18)14-8-2-1-7-6-20-13(19)9(7)5-8/h1-2,5,19H,3-4,6H2,(H,14,18). The zero-order valence-corrected chi connectivity index (χ0v) is 10.9. The van der Waals surface area contributed by atoms with Gasteiger partial charge in [0.2, 0.25) is 0 Å².